The third-order valence-electron chi connectivity index (χ3n) is 4.31. The molecule has 20 heavy (non-hydrogen) atoms. The van der Waals surface area contributed by atoms with Gasteiger partial charge in [0.05, 0.1) is 5.56 Å². The molecular formula is C16H22F3N. The Bertz CT molecular complexity index is 442. The molecule has 1 aliphatic rings. The van der Waals surface area contributed by atoms with E-state index in [1.54, 1.807) is 12.1 Å². The van der Waals surface area contributed by atoms with Crippen LogP contribution in [0.25, 0.3) is 0 Å². The number of nitrogens with one attached hydrogen (secondary N) is 1. The molecule has 1 nitrogen and oxygen atoms in total. The number of alkyl halides is 3. The first-order valence-electron chi connectivity index (χ1n) is 7.31. The lowest BCUT2D eigenvalue weighted by Crippen LogP contribution is -2.39. The predicted molar refractivity (Wildman–Crippen MR) is 74.4 cm³/mol. The van der Waals surface area contributed by atoms with Gasteiger partial charge < -0.3 is 5.32 Å². The molecule has 1 N–H and O–H groups in total. The minimum absolute atomic E-state index is 0.279. The highest BCUT2D eigenvalue weighted by molar-refractivity contribution is 5.32. The molecule has 0 amide bonds. The molecule has 1 saturated carbocycles. The quantitative estimate of drug-likeness (QED) is 0.830. The van der Waals surface area contributed by atoms with Gasteiger partial charge in [0, 0.05) is 12.1 Å². The van der Waals surface area contributed by atoms with Gasteiger partial charge in [0.15, 0.2) is 0 Å². The highest BCUT2D eigenvalue weighted by Gasteiger charge is 2.34. The molecule has 112 valence electrons. The Morgan fingerprint density at radius 2 is 1.80 bits per heavy atom. The number of hydrogen-bond acceptors (Lipinski definition) is 1. The van der Waals surface area contributed by atoms with Crippen LogP contribution in [-0.4, -0.2) is 6.04 Å². The fourth-order valence-electron chi connectivity index (χ4n) is 3.11. The molecule has 1 aromatic rings. The summed E-state index contributed by atoms with van der Waals surface area (Å²) >= 11 is 0. The molecule has 0 heterocycles. The minimum atomic E-state index is -4.29. The zero-order valence-corrected chi connectivity index (χ0v) is 12.0. The van der Waals surface area contributed by atoms with E-state index >= 15 is 0 Å². The van der Waals surface area contributed by atoms with E-state index in [0.717, 1.165) is 25.3 Å². The Balaban J connectivity index is 2.15. The van der Waals surface area contributed by atoms with Crippen LogP contribution < -0.4 is 5.32 Å². The third kappa shape index (κ3) is 3.54. The first kappa shape index (κ1) is 15.4. The molecule has 0 spiro atoms. The van der Waals surface area contributed by atoms with Gasteiger partial charge in [-0.2, -0.15) is 13.2 Å². The molecule has 1 aromatic carbocycles. The summed E-state index contributed by atoms with van der Waals surface area (Å²) < 4.78 is 39.1. The van der Waals surface area contributed by atoms with Gasteiger partial charge in [-0.05, 0) is 37.3 Å². The van der Waals surface area contributed by atoms with Gasteiger partial charge in [0.25, 0.3) is 0 Å². The number of benzene rings is 1. The monoisotopic (exact) mass is 285 g/mol. The zero-order valence-electron chi connectivity index (χ0n) is 12.0. The van der Waals surface area contributed by atoms with Gasteiger partial charge in [0.1, 0.15) is 0 Å². The van der Waals surface area contributed by atoms with Gasteiger partial charge in [-0.15, -0.1) is 0 Å². The van der Waals surface area contributed by atoms with E-state index in [0.29, 0.717) is 17.5 Å². The Morgan fingerprint density at radius 1 is 1.15 bits per heavy atom. The first-order valence-corrected chi connectivity index (χ1v) is 7.31. The van der Waals surface area contributed by atoms with Crippen molar-refractivity contribution < 1.29 is 13.2 Å². The van der Waals surface area contributed by atoms with Crippen LogP contribution in [0, 0.1) is 5.92 Å². The van der Waals surface area contributed by atoms with Gasteiger partial charge >= 0.3 is 6.18 Å². The van der Waals surface area contributed by atoms with E-state index < -0.39 is 11.7 Å². The highest BCUT2D eigenvalue weighted by Crippen LogP contribution is 2.35. The summed E-state index contributed by atoms with van der Waals surface area (Å²) in [6.07, 6.45) is 0.318. The van der Waals surface area contributed by atoms with Gasteiger partial charge in [-0.1, -0.05) is 38.0 Å². The van der Waals surface area contributed by atoms with Crippen molar-refractivity contribution >= 4 is 0 Å². The Morgan fingerprint density at radius 3 is 2.45 bits per heavy atom. The van der Waals surface area contributed by atoms with E-state index in [9.17, 15) is 13.2 Å². The van der Waals surface area contributed by atoms with Gasteiger partial charge in [-0.3, -0.25) is 0 Å². The second-order valence-corrected chi connectivity index (χ2v) is 5.84. The summed E-state index contributed by atoms with van der Waals surface area (Å²) in [6, 6.07) is 5.90. The van der Waals surface area contributed by atoms with Crippen LogP contribution in [0.2, 0.25) is 0 Å². The fourth-order valence-corrected chi connectivity index (χ4v) is 3.11. The third-order valence-corrected chi connectivity index (χ3v) is 4.31. The summed E-state index contributed by atoms with van der Waals surface area (Å²) in [6.45, 7) is 4.01. The maximum absolute atomic E-state index is 13.0. The lowest BCUT2D eigenvalue weighted by atomic mass is 9.85. The lowest BCUT2D eigenvalue weighted by molar-refractivity contribution is -0.138. The maximum Gasteiger partial charge on any atom is 0.416 e. The molecule has 0 aliphatic heterocycles. The van der Waals surface area contributed by atoms with Crippen molar-refractivity contribution in [1.29, 1.82) is 0 Å². The van der Waals surface area contributed by atoms with Crippen LogP contribution in [0.5, 0.6) is 0 Å². The van der Waals surface area contributed by atoms with Crippen molar-refractivity contribution in [1.82, 2.24) is 5.32 Å². The van der Waals surface area contributed by atoms with Crippen LogP contribution in [0.4, 0.5) is 13.2 Å². The summed E-state index contributed by atoms with van der Waals surface area (Å²) in [5, 5.41) is 3.40. The van der Waals surface area contributed by atoms with E-state index in [1.165, 1.54) is 12.5 Å². The summed E-state index contributed by atoms with van der Waals surface area (Å²) in [7, 11) is 0. The maximum atomic E-state index is 13.0. The molecule has 0 saturated heterocycles. The molecule has 0 bridgehead atoms. The fraction of sp³-hybridized carbons (Fsp3) is 0.625. The van der Waals surface area contributed by atoms with E-state index in [4.69, 9.17) is 0 Å². The molecule has 1 fully saturated rings. The van der Waals surface area contributed by atoms with E-state index in [2.05, 4.69) is 12.2 Å². The molecule has 4 heteroatoms. The van der Waals surface area contributed by atoms with Crippen molar-refractivity contribution in [2.24, 2.45) is 5.92 Å². The molecule has 0 radical (unpaired) electrons. The number of hydrogen-bond donors (Lipinski definition) is 1. The minimum Gasteiger partial charge on any atom is -0.307 e. The average Bonchev–Trinajstić information content (AvgIpc) is 2.40. The van der Waals surface area contributed by atoms with Crippen molar-refractivity contribution in [2.75, 3.05) is 0 Å². The van der Waals surface area contributed by atoms with Crippen LogP contribution >= 0.6 is 0 Å². The smallest absolute Gasteiger partial charge is 0.307 e. The lowest BCUT2D eigenvalue weighted by Gasteiger charge is -2.33. The zero-order chi connectivity index (χ0) is 14.8. The number of rotatable bonds is 3. The van der Waals surface area contributed by atoms with E-state index in [1.807, 2.05) is 6.92 Å². The largest absolute Gasteiger partial charge is 0.416 e. The van der Waals surface area contributed by atoms with Crippen LogP contribution in [-0.2, 0) is 6.18 Å². The molecule has 3 unspecified atom stereocenters. The highest BCUT2D eigenvalue weighted by atomic mass is 19.4. The van der Waals surface area contributed by atoms with Crippen molar-refractivity contribution in [3.05, 3.63) is 35.4 Å². The first-order chi connectivity index (χ1) is 9.39. The topological polar surface area (TPSA) is 12.0 Å². The van der Waals surface area contributed by atoms with Crippen molar-refractivity contribution in [3.63, 3.8) is 0 Å². The molecule has 1 aliphatic carbocycles. The van der Waals surface area contributed by atoms with Crippen molar-refractivity contribution in [3.8, 4) is 0 Å². The Kier molecular flexibility index (Phi) is 4.74. The standard InChI is InChI=1S/C16H22F3N/c1-11-7-3-6-10-15(11)20-12(2)13-8-4-5-9-14(13)16(17,18)19/h4-5,8-9,11-12,15,20H,3,6-7,10H2,1-2H3. The molecular weight excluding hydrogens is 263 g/mol. The average molecular weight is 285 g/mol. The van der Waals surface area contributed by atoms with E-state index in [-0.39, 0.29) is 6.04 Å². The second kappa shape index (κ2) is 6.17. The molecule has 3 atom stereocenters. The summed E-state index contributed by atoms with van der Waals surface area (Å²) in [5.74, 6) is 0.532. The predicted octanol–water partition coefficient (Wildman–Crippen LogP) is 4.93. The van der Waals surface area contributed by atoms with Gasteiger partial charge in [0.2, 0.25) is 0 Å². The van der Waals surface area contributed by atoms with Crippen LogP contribution in [0.3, 0.4) is 0 Å². The van der Waals surface area contributed by atoms with Crippen molar-refractivity contribution in [2.45, 2.75) is 57.8 Å². The SMILES string of the molecule is CC(NC1CCCCC1C)c1ccccc1C(F)(F)F. The normalized spacial score (nSPS) is 25.4. The number of halogens is 3. The van der Waals surface area contributed by atoms with Crippen LogP contribution in [0.1, 0.15) is 56.7 Å². The van der Waals surface area contributed by atoms with Crippen LogP contribution in [0.15, 0.2) is 24.3 Å². The summed E-state index contributed by atoms with van der Waals surface area (Å²) in [4.78, 5) is 0. The van der Waals surface area contributed by atoms with Gasteiger partial charge in [-0.25, -0.2) is 0 Å². The Labute approximate surface area is 118 Å². The molecule has 0 aromatic heterocycles. The second-order valence-electron chi connectivity index (χ2n) is 5.84. The molecule has 2 rings (SSSR count). The Hall–Kier alpha value is -1.03. The summed E-state index contributed by atoms with van der Waals surface area (Å²) in [5.41, 5.74) is -0.179.